The Labute approximate surface area is 99.4 Å². The van der Waals surface area contributed by atoms with Gasteiger partial charge >= 0.3 is 0 Å². The predicted octanol–water partition coefficient (Wildman–Crippen LogP) is 2.68. The zero-order valence-corrected chi connectivity index (χ0v) is 10.9. The highest BCUT2D eigenvalue weighted by atomic mass is 16.2. The van der Waals surface area contributed by atoms with Crippen LogP contribution in [0.5, 0.6) is 0 Å². The van der Waals surface area contributed by atoms with E-state index in [1.807, 2.05) is 4.90 Å². The standard InChI is InChI=1S/C14H23NO/c1-5-12(4)15-9-8-13(10-14(15)16)7-6-11(2)3/h11-13H,5,8-10H2,1-4H3. The summed E-state index contributed by atoms with van der Waals surface area (Å²) in [6.07, 6.45) is 2.69. The van der Waals surface area contributed by atoms with Crippen LogP contribution in [0.1, 0.15) is 47.0 Å². The lowest BCUT2D eigenvalue weighted by atomic mass is 9.95. The topological polar surface area (TPSA) is 20.3 Å². The van der Waals surface area contributed by atoms with E-state index < -0.39 is 0 Å². The molecule has 16 heavy (non-hydrogen) atoms. The van der Waals surface area contributed by atoms with Gasteiger partial charge in [0.1, 0.15) is 0 Å². The summed E-state index contributed by atoms with van der Waals surface area (Å²) in [5.41, 5.74) is 0. The van der Waals surface area contributed by atoms with Crippen molar-refractivity contribution in [2.75, 3.05) is 6.54 Å². The number of hydrogen-bond donors (Lipinski definition) is 0. The smallest absolute Gasteiger partial charge is 0.224 e. The van der Waals surface area contributed by atoms with Gasteiger partial charge in [-0.3, -0.25) is 4.79 Å². The average Bonchev–Trinajstić information content (AvgIpc) is 2.25. The molecule has 0 aromatic rings. The lowest BCUT2D eigenvalue weighted by molar-refractivity contribution is -0.136. The molecule has 0 saturated carbocycles. The molecule has 90 valence electrons. The van der Waals surface area contributed by atoms with Gasteiger partial charge in [0.05, 0.1) is 0 Å². The number of carbonyl (C=O) groups excluding carboxylic acids is 1. The molecule has 0 aromatic heterocycles. The van der Waals surface area contributed by atoms with Crippen LogP contribution < -0.4 is 0 Å². The summed E-state index contributed by atoms with van der Waals surface area (Å²) in [5, 5.41) is 0. The number of piperidine rings is 1. The largest absolute Gasteiger partial charge is 0.340 e. The fourth-order valence-corrected chi connectivity index (χ4v) is 1.94. The SMILES string of the molecule is CCC(C)N1CCC(C#CC(C)C)CC1=O. The minimum absolute atomic E-state index is 0.281. The van der Waals surface area contributed by atoms with Crippen molar-refractivity contribution < 1.29 is 4.79 Å². The van der Waals surface area contributed by atoms with Gasteiger partial charge in [0, 0.05) is 30.8 Å². The molecular formula is C14H23NO. The number of likely N-dealkylation sites (tertiary alicyclic amines) is 1. The molecule has 1 heterocycles. The zero-order chi connectivity index (χ0) is 12.1. The van der Waals surface area contributed by atoms with Crippen LogP contribution in [0.4, 0.5) is 0 Å². The maximum Gasteiger partial charge on any atom is 0.224 e. The number of nitrogens with zero attached hydrogens (tertiary/aromatic N) is 1. The van der Waals surface area contributed by atoms with Gasteiger partial charge in [-0.2, -0.15) is 0 Å². The Morgan fingerprint density at radius 1 is 1.44 bits per heavy atom. The summed E-state index contributed by atoms with van der Waals surface area (Å²) in [5.74, 6) is 7.38. The quantitative estimate of drug-likeness (QED) is 0.656. The van der Waals surface area contributed by atoms with Crippen LogP contribution in [-0.2, 0) is 4.79 Å². The van der Waals surface area contributed by atoms with E-state index in [1.54, 1.807) is 0 Å². The maximum atomic E-state index is 11.9. The van der Waals surface area contributed by atoms with Gasteiger partial charge in [-0.1, -0.05) is 26.7 Å². The molecule has 1 fully saturated rings. The predicted molar refractivity (Wildman–Crippen MR) is 66.8 cm³/mol. The van der Waals surface area contributed by atoms with Crippen molar-refractivity contribution in [3.05, 3.63) is 0 Å². The number of hydrogen-bond acceptors (Lipinski definition) is 1. The van der Waals surface area contributed by atoms with E-state index in [2.05, 4.69) is 39.5 Å². The Balaban J connectivity index is 2.53. The normalized spacial score (nSPS) is 22.9. The molecule has 0 aromatic carbocycles. The third-order valence-electron chi connectivity index (χ3n) is 3.16. The molecule has 2 unspecified atom stereocenters. The Kier molecular flexibility index (Phi) is 4.86. The van der Waals surface area contributed by atoms with Crippen LogP contribution in [0.15, 0.2) is 0 Å². The molecule has 1 saturated heterocycles. The van der Waals surface area contributed by atoms with Crippen molar-refractivity contribution >= 4 is 5.91 Å². The van der Waals surface area contributed by atoms with Crippen molar-refractivity contribution in [3.63, 3.8) is 0 Å². The second-order valence-electron chi connectivity index (χ2n) is 4.98. The van der Waals surface area contributed by atoms with Gasteiger partial charge in [-0.25, -0.2) is 0 Å². The van der Waals surface area contributed by atoms with Gasteiger partial charge in [0.2, 0.25) is 5.91 Å². The third kappa shape index (κ3) is 3.56. The molecule has 0 radical (unpaired) electrons. The summed E-state index contributed by atoms with van der Waals surface area (Å²) >= 11 is 0. The van der Waals surface area contributed by atoms with Crippen LogP contribution in [0.25, 0.3) is 0 Å². The Bertz CT molecular complexity index is 298. The molecule has 0 N–H and O–H groups in total. The molecule has 1 amide bonds. The van der Waals surface area contributed by atoms with E-state index in [0.717, 1.165) is 19.4 Å². The van der Waals surface area contributed by atoms with Gasteiger partial charge in [0.15, 0.2) is 0 Å². The summed E-state index contributed by atoms with van der Waals surface area (Å²) in [7, 11) is 0. The molecule has 2 nitrogen and oxygen atoms in total. The first-order valence-corrected chi connectivity index (χ1v) is 6.35. The summed E-state index contributed by atoms with van der Waals surface area (Å²) in [4.78, 5) is 13.9. The summed E-state index contributed by atoms with van der Waals surface area (Å²) in [6.45, 7) is 9.30. The molecule has 1 aliphatic rings. The van der Waals surface area contributed by atoms with E-state index in [1.165, 1.54) is 0 Å². The number of rotatable bonds is 2. The lowest BCUT2D eigenvalue weighted by Crippen LogP contribution is -2.43. The Morgan fingerprint density at radius 3 is 2.62 bits per heavy atom. The molecular weight excluding hydrogens is 198 g/mol. The first-order chi connectivity index (χ1) is 7.54. The Hall–Kier alpha value is -0.970. The van der Waals surface area contributed by atoms with Crippen LogP contribution >= 0.6 is 0 Å². The zero-order valence-electron chi connectivity index (χ0n) is 10.9. The van der Waals surface area contributed by atoms with Gasteiger partial charge in [0.25, 0.3) is 0 Å². The second kappa shape index (κ2) is 5.94. The highest BCUT2D eigenvalue weighted by Crippen LogP contribution is 2.20. The molecule has 0 aliphatic carbocycles. The molecule has 1 aliphatic heterocycles. The molecule has 2 heteroatoms. The molecule has 0 spiro atoms. The van der Waals surface area contributed by atoms with Crippen molar-refractivity contribution in [1.82, 2.24) is 4.90 Å². The fraction of sp³-hybridized carbons (Fsp3) is 0.786. The highest BCUT2D eigenvalue weighted by Gasteiger charge is 2.27. The van der Waals surface area contributed by atoms with Crippen LogP contribution in [0, 0.1) is 23.7 Å². The van der Waals surface area contributed by atoms with E-state index in [9.17, 15) is 4.79 Å². The van der Waals surface area contributed by atoms with Crippen LogP contribution in [0.3, 0.4) is 0 Å². The van der Waals surface area contributed by atoms with Gasteiger partial charge < -0.3 is 4.90 Å². The average molecular weight is 221 g/mol. The van der Waals surface area contributed by atoms with Crippen molar-refractivity contribution in [1.29, 1.82) is 0 Å². The van der Waals surface area contributed by atoms with Crippen LogP contribution in [-0.4, -0.2) is 23.4 Å². The third-order valence-corrected chi connectivity index (χ3v) is 3.16. The maximum absolute atomic E-state index is 11.9. The van der Waals surface area contributed by atoms with Crippen molar-refractivity contribution in [2.45, 2.75) is 53.0 Å². The number of amides is 1. The van der Waals surface area contributed by atoms with E-state index in [-0.39, 0.29) is 11.8 Å². The fourth-order valence-electron chi connectivity index (χ4n) is 1.94. The van der Waals surface area contributed by atoms with Crippen LogP contribution in [0.2, 0.25) is 0 Å². The second-order valence-corrected chi connectivity index (χ2v) is 4.98. The van der Waals surface area contributed by atoms with Crippen molar-refractivity contribution in [2.24, 2.45) is 11.8 Å². The number of carbonyl (C=O) groups is 1. The lowest BCUT2D eigenvalue weighted by Gasteiger charge is -2.34. The summed E-state index contributed by atoms with van der Waals surface area (Å²) in [6, 6.07) is 0.381. The van der Waals surface area contributed by atoms with E-state index >= 15 is 0 Å². The molecule has 2 atom stereocenters. The summed E-state index contributed by atoms with van der Waals surface area (Å²) < 4.78 is 0. The monoisotopic (exact) mass is 221 g/mol. The first-order valence-electron chi connectivity index (χ1n) is 6.35. The first kappa shape index (κ1) is 13.1. The minimum Gasteiger partial charge on any atom is -0.340 e. The molecule has 0 bridgehead atoms. The molecule has 1 rings (SSSR count). The highest BCUT2D eigenvalue weighted by molar-refractivity contribution is 5.78. The van der Waals surface area contributed by atoms with E-state index in [0.29, 0.717) is 18.4 Å². The minimum atomic E-state index is 0.281. The van der Waals surface area contributed by atoms with E-state index in [4.69, 9.17) is 0 Å². The van der Waals surface area contributed by atoms with Gasteiger partial charge in [-0.05, 0) is 19.8 Å². The van der Waals surface area contributed by atoms with Gasteiger partial charge in [-0.15, -0.1) is 5.92 Å². The van der Waals surface area contributed by atoms with Crippen molar-refractivity contribution in [3.8, 4) is 11.8 Å². The Morgan fingerprint density at radius 2 is 2.12 bits per heavy atom.